The van der Waals surface area contributed by atoms with E-state index in [-0.39, 0.29) is 5.91 Å². The Hall–Kier alpha value is -3.15. The second-order valence-electron chi connectivity index (χ2n) is 5.71. The zero-order valence-corrected chi connectivity index (χ0v) is 14.0. The highest BCUT2D eigenvalue weighted by Gasteiger charge is 2.19. The van der Waals surface area contributed by atoms with Gasteiger partial charge < -0.3 is 16.4 Å². The number of carbonyl (C=O) groups is 3. The third-order valence-electron chi connectivity index (χ3n) is 3.66. The first-order chi connectivity index (χ1) is 12.0. The van der Waals surface area contributed by atoms with Crippen LogP contribution in [0.1, 0.15) is 29.3 Å². The number of rotatable bonds is 7. The van der Waals surface area contributed by atoms with Gasteiger partial charge in [0.2, 0.25) is 11.8 Å². The van der Waals surface area contributed by atoms with E-state index in [0.29, 0.717) is 24.1 Å². The first-order valence-electron chi connectivity index (χ1n) is 7.97. The minimum atomic E-state index is -0.767. The van der Waals surface area contributed by atoms with Crippen LogP contribution in [0.5, 0.6) is 0 Å². The number of hydrogen-bond acceptors (Lipinski definition) is 3. The fourth-order valence-electron chi connectivity index (χ4n) is 2.42. The maximum atomic E-state index is 12.4. The highest BCUT2D eigenvalue weighted by Crippen LogP contribution is 2.11. The summed E-state index contributed by atoms with van der Waals surface area (Å²) >= 11 is 0. The Morgan fingerprint density at radius 3 is 2.40 bits per heavy atom. The fourth-order valence-corrected chi connectivity index (χ4v) is 2.42. The molecule has 3 amide bonds. The van der Waals surface area contributed by atoms with Crippen LogP contribution in [-0.4, -0.2) is 23.8 Å². The van der Waals surface area contributed by atoms with E-state index in [1.54, 1.807) is 24.3 Å². The predicted molar refractivity (Wildman–Crippen MR) is 96.0 cm³/mol. The van der Waals surface area contributed by atoms with Crippen LogP contribution in [0.4, 0.5) is 5.69 Å². The van der Waals surface area contributed by atoms with Crippen molar-refractivity contribution in [2.75, 3.05) is 5.32 Å². The Kier molecular flexibility index (Phi) is 6.28. The lowest BCUT2D eigenvalue weighted by Gasteiger charge is -2.16. The molecular formula is C19H21N3O3. The van der Waals surface area contributed by atoms with Crippen molar-refractivity contribution in [3.05, 3.63) is 65.7 Å². The molecule has 0 saturated carbocycles. The van der Waals surface area contributed by atoms with Crippen LogP contribution in [0.25, 0.3) is 0 Å². The van der Waals surface area contributed by atoms with E-state index >= 15 is 0 Å². The lowest BCUT2D eigenvalue weighted by atomic mass is 10.0. The van der Waals surface area contributed by atoms with E-state index in [0.717, 1.165) is 5.56 Å². The van der Waals surface area contributed by atoms with E-state index in [2.05, 4.69) is 10.6 Å². The lowest BCUT2D eigenvalue weighted by molar-refractivity contribution is -0.120. The van der Waals surface area contributed by atoms with Gasteiger partial charge in [0.25, 0.3) is 5.91 Å². The summed E-state index contributed by atoms with van der Waals surface area (Å²) in [5, 5.41) is 5.27. The molecule has 0 saturated heterocycles. The molecule has 4 N–H and O–H groups in total. The zero-order valence-electron chi connectivity index (χ0n) is 14.0. The van der Waals surface area contributed by atoms with Crippen molar-refractivity contribution in [1.29, 1.82) is 0 Å². The van der Waals surface area contributed by atoms with Crippen LogP contribution in [-0.2, 0) is 16.0 Å². The van der Waals surface area contributed by atoms with E-state index in [1.807, 2.05) is 30.3 Å². The van der Waals surface area contributed by atoms with Gasteiger partial charge in [-0.2, -0.15) is 0 Å². The number of carbonyl (C=O) groups excluding carboxylic acids is 3. The molecule has 1 atom stereocenters. The normalized spacial score (nSPS) is 11.4. The van der Waals surface area contributed by atoms with Crippen LogP contribution in [0, 0.1) is 0 Å². The molecule has 0 unspecified atom stereocenters. The number of aryl methyl sites for hydroxylation is 1. The molecule has 130 valence electrons. The summed E-state index contributed by atoms with van der Waals surface area (Å²) in [6.07, 6.45) is 1.04. The Bertz CT molecular complexity index is 760. The van der Waals surface area contributed by atoms with Crippen molar-refractivity contribution in [1.82, 2.24) is 5.32 Å². The molecule has 0 aliphatic rings. The minimum Gasteiger partial charge on any atom is -0.368 e. The highest BCUT2D eigenvalue weighted by atomic mass is 16.2. The molecule has 2 aromatic carbocycles. The molecule has 0 heterocycles. The summed E-state index contributed by atoms with van der Waals surface area (Å²) in [4.78, 5) is 35.1. The third kappa shape index (κ3) is 5.76. The zero-order chi connectivity index (χ0) is 18.2. The van der Waals surface area contributed by atoms with E-state index in [4.69, 9.17) is 5.73 Å². The summed E-state index contributed by atoms with van der Waals surface area (Å²) in [7, 11) is 0. The van der Waals surface area contributed by atoms with Gasteiger partial charge in [0.15, 0.2) is 0 Å². The number of hydrogen-bond donors (Lipinski definition) is 3. The number of primary amides is 1. The largest absolute Gasteiger partial charge is 0.368 e. The first kappa shape index (κ1) is 18.2. The number of benzene rings is 2. The maximum absolute atomic E-state index is 12.4. The van der Waals surface area contributed by atoms with Crippen LogP contribution < -0.4 is 16.4 Å². The van der Waals surface area contributed by atoms with Crippen LogP contribution in [0.15, 0.2) is 54.6 Å². The van der Waals surface area contributed by atoms with Crippen molar-refractivity contribution in [2.24, 2.45) is 5.73 Å². The molecule has 6 heteroatoms. The lowest BCUT2D eigenvalue weighted by Crippen LogP contribution is -2.44. The van der Waals surface area contributed by atoms with Gasteiger partial charge in [-0.1, -0.05) is 36.4 Å². The van der Waals surface area contributed by atoms with Gasteiger partial charge >= 0.3 is 0 Å². The van der Waals surface area contributed by atoms with Gasteiger partial charge in [-0.25, -0.2) is 0 Å². The van der Waals surface area contributed by atoms with Gasteiger partial charge in [-0.3, -0.25) is 14.4 Å². The van der Waals surface area contributed by atoms with Crippen LogP contribution in [0.2, 0.25) is 0 Å². The maximum Gasteiger partial charge on any atom is 0.252 e. The van der Waals surface area contributed by atoms with Gasteiger partial charge in [0, 0.05) is 18.2 Å². The first-order valence-corrected chi connectivity index (χ1v) is 7.97. The van der Waals surface area contributed by atoms with Crippen molar-refractivity contribution < 1.29 is 14.4 Å². The third-order valence-corrected chi connectivity index (χ3v) is 3.66. The predicted octanol–water partition coefficient (Wildman–Crippen LogP) is 1.86. The Morgan fingerprint density at radius 2 is 1.76 bits per heavy atom. The van der Waals surface area contributed by atoms with Crippen molar-refractivity contribution >= 4 is 23.4 Å². The average molecular weight is 339 g/mol. The van der Waals surface area contributed by atoms with Gasteiger partial charge in [-0.05, 0) is 36.6 Å². The van der Waals surface area contributed by atoms with Crippen molar-refractivity contribution in [3.8, 4) is 0 Å². The Balaban J connectivity index is 2.02. The topological polar surface area (TPSA) is 101 Å². The number of anilines is 1. The standard InChI is InChI=1S/C19H21N3O3/c1-13(23)21-16-9-5-8-15(12-16)19(25)22-17(18(20)24)11-10-14-6-3-2-4-7-14/h2-9,12,17H,10-11H2,1H3,(H2,20,24)(H,21,23)(H,22,25)/t17-/m1/s1. The van der Waals surface area contributed by atoms with Crippen LogP contribution >= 0.6 is 0 Å². The Morgan fingerprint density at radius 1 is 1.04 bits per heavy atom. The van der Waals surface area contributed by atoms with E-state index < -0.39 is 17.9 Å². The fraction of sp³-hybridized carbons (Fsp3) is 0.211. The second-order valence-corrected chi connectivity index (χ2v) is 5.71. The van der Waals surface area contributed by atoms with Gasteiger partial charge in [-0.15, -0.1) is 0 Å². The van der Waals surface area contributed by atoms with Crippen LogP contribution in [0.3, 0.4) is 0 Å². The number of nitrogens with two attached hydrogens (primary N) is 1. The molecule has 0 aliphatic carbocycles. The smallest absolute Gasteiger partial charge is 0.252 e. The molecule has 0 radical (unpaired) electrons. The van der Waals surface area contributed by atoms with Gasteiger partial charge in [0.05, 0.1) is 0 Å². The van der Waals surface area contributed by atoms with Crippen molar-refractivity contribution in [3.63, 3.8) is 0 Å². The molecule has 25 heavy (non-hydrogen) atoms. The Labute approximate surface area is 146 Å². The molecule has 0 spiro atoms. The molecule has 0 aromatic heterocycles. The number of amides is 3. The summed E-state index contributed by atoms with van der Waals surface area (Å²) in [6, 6.07) is 15.4. The number of nitrogens with one attached hydrogen (secondary N) is 2. The minimum absolute atomic E-state index is 0.226. The monoisotopic (exact) mass is 339 g/mol. The molecule has 0 fully saturated rings. The summed E-state index contributed by atoms with van der Waals surface area (Å²) in [5.74, 6) is -1.22. The van der Waals surface area contributed by atoms with Crippen molar-refractivity contribution in [2.45, 2.75) is 25.8 Å². The molecule has 2 rings (SSSR count). The molecule has 0 aliphatic heterocycles. The SMILES string of the molecule is CC(=O)Nc1cccc(C(=O)N[C@H](CCc2ccccc2)C(N)=O)c1. The van der Waals surface area contributed by atoms with Gasteiger partial charge in [0.1, 0.15) is 6.04 Å². The highest BCUT2D eigenvalue weighted by molar-refractivity contribution is 5.99. The summed E-state index contributed by atoms with van der Waals surface area (Å²) in [5.41, 5.74) is 7.34. The van der Waals surface area contributed by atoms with E-state index in [9.17, 15) is 14.4 Å². The molecule has 6 nitrogen and oxygen atoms in total. The second kappa shape index (κ2) is 8.63. The molecular weight excluding hydrogens is 318 g/mol. The molecule has 2 aromatic rings. The quantitative estimate of drug-likeness (QED) is 0.717. The molecule has 0 bridgehead atoms. The average Bonchev–Trinajstić information content (AvgIpc) is 2.58. The van der Waals surface area contributed by atoms with E-state index in [1.165, 1.54) is 6.92 Å². The summed E-state index contributed by atoms with van der Waals surface area (Å²) in [6.45, 7) is 1.39. The summed E-state index contributed by atoms with van der Waals surface area (Å²) < 4.78 is 0.